The average Bonchev–Trinajstić information content (AvgIpc) is 3.21. The molecule has 2 fully saturated rings. The van der Waals surface area contributed by atoms with Gasteiger partial charge in [0.1, 0.15) is 5.82 Å². The van der Waals surface area contributed by atoms with Crippen LogP contribution in [0, 0.1) is 0 Å². The second kappa shape index (κ2) is 6.27. The zero-order valence-electron chi connectivity index (χ0n) is 14.1. The number of nitrogens with one attached hydrogen (secondary N) is 1. The van der Waals surface area contributed by atoms with Gasteiger partial charge in [-0.15, -0.1) is 0 Å². The molecule has 3 N–H and O–H groups in total. The number of nitrogens with zero attached hydrogens (tertiary/aromatic N) is 3. The number of hydrogen-bond donors (Lipinski definition) is 2. The number of likely N-dealkylation sites (tertiary alicyclic amines) is 1. The zero-order chi connectivity index (χ0) is 15.7. The van der Waals surface area contributed by atoms with Crippen LogP contribution in [-0.2, 0) is 11.8 Å². The molecule has 23 heavy (non-hydrogen) atoms. The zero-order valence-corrected chi connectivity index (χ0v) is 14.1. The SMILES string of the molecule is Nc1nc(NCCN2CCCC2)c2c(n1)C1(CCCC1)CCC2. The number of hydrogen-bond acceptors (Lipinski definition) is 5. The maximum Gasteiger partial charge on any atom is 0.222 e. The topological polar surface area (TPSA) is 67.1 Å². The van der Waals surface area contributed by atoms with Crippen molar-refractivity contribution in [3.8, 4) is 0 Å². The Morgan fingerprint density at radius 3 is 2.52 bits per heavy atom. The van der Waals surface area contributed by atoms with E-state index < -0.39 is 0 Å². The molecule has 0 amide bonds. The molecule has 2 aliphatic carbocycles. The third-order valence-corrected chi connectivity index (χ3v) is 6.09. The van der Waals surface area contributed by atoms with E-state index in [2.05, 4.69) is 15.2 Å². The van der Waals surface area contributed by atoms with Gasteiger partial charge in [-0.05, 0) is 58.0 Å². The summed E-state index contributed by atoms with van der Waals surface area (Å²) in [4.78, 5) is 11.8. The summed E-state index contributed by atoms with van der Waals surface area (Å²) in [7, 11) is 0. The summed E-state index contributed by atoms with van der Waals surface area (Å²) in [6, 6.07) is 0. The Hall–Kier alpha value is -1.36. The first kappa shape index (κ1) is 15.2. The lowest BCUT2D eigenvalue weighted by molar-refractivity contribution is 0.351. The molecule has 0 unspecified atom stereocenters. The lowest BCUT2D eigenvalue weighted by atomic mass is 9.72. The first-order valence-electron chi connectivity index (χ1n) is 9.40. The van der Waals surface area contributed by atoms with Crippen LogP contribution in [-0.4, -0.2) is 41.0 Å². The Morgan fingerprint density at radius 1 is 1.00 bits per heavy atom. The summed E-state index contributed by atoms with van der Waals surface area (Å²) < 4.78 is 0. The molecule has 4 rings (SSSR count). The highest BCUT2D eigenvalue weighted by molar-refractivity contribution is 5.53. The molecule has 1 aromatic heterocycles. The molecular formula is C18H29N5. The molecule has 1 spiro atoms. The lowest BCUT2D eigenvalue weighted by Crippen LogP contribution is -2.32. The van der Waals surface area contributed by atoms with Gasteiger partial charge in [0.15, 0.2) is 0 Å². The van der Waals surface area contributed by atoms with E-state index in [1.807, 2.05) is 0 Å². The number of anilines is 2. The van der Waals surface area contributed by atoms with Gasteiger partial charge in [0.05, 0.1) is 5.69 Å². The maximum atomic E-state index is 6.05. The molecule has 0 radical (unpaired) electrons. The van der Waals surface area contributed by atoms with Crippen molar-refractivity contribution in [2.45, 2.75) is 63.2 Å². The Bertz CT molecular complexity index is 559. The Kier molecular flexibility index (Phi) is 4.14. The van der Waals surface area contributed by atoms with Gasteiger partial charge < -0.3 is 16.0 Å². The van der Waals surface area contributed by atoms with E-state index in [1.54, 1.807) is 0 Å². The summed E-state index contributed by atoms with van der Waals surface area (Å²) in [5, 5.41) is 3.57. The van der Waals surface area contributed by atoms with Gasteiger partial charge in [-0.1, -0.05) is 12.8 Å². The van der Waals surface area contributed by atoms with Crippen LogP contribution in [0.25, 0.3) is 0 Å². The van der Waals surface area contributed by atoms with Crippen LogP contribution >= 0.6 is 0 Å². The predicted octanol–water partition coefficient (Wildman–Crippen LogP) is 2.71. The standard InChI is InChI=1S/C18H29N5/c19-17-21-15-14(6-5-9-18(15)7-1-2-8-18)16(22-17)20-10-13-23-11-3-4-12-23/h1-13H2,(H3,19,20,21,22). The molecule has 0 atom stereocenters. The van der Waals surface area contributed by atoms with E-state index >= 15 is 0 Å². The van der Waals surface area contributed by atoms with Crippen molar-refractivity contribution in [2.75, 3.05) is 37.2 Å². The van der Waals surface area contributed by atoms with Crippen molar-refractivity contribution < 1.29 is 0 Å². The normalized spacial score (nSPS) is 23.3. The summed E-state index contributed by atoms with van der Waals surface area (Å²) in [5.41, 5.74) is 8.99. The van der Waals surface area contributed by atoms with E-state index in [-0.39, 0.29) is 0 Å². The van der Waals surface area contributed by atoms with Crippen molar-refractivity contribution >= 4 is 11.8 Å². The van der Waals surface area contributed by atoms with Crippen molar-refractivity contribution in [1.82, 2.24) is 14.9 Å². The van der Waals surface area contributed by atoms with E-state index in [9.17, 15) is 0 Å². The molecular weight excluding hydrogens is 286 g/mol. The minimum absolute atomic E-state index is 0.302. The fourth-order valence-corrected chi connectivity index (χ4v) is 4.92. The van der Waals surface area contributed by atoms with Gasteiger partial charge in [0.25, 0.3) is 0 Å². The van der Waals surface area contributed by atoms with Crippen LogP contribution < -0.4 is 11.1 Å². The highest BCUT2D eigenvalue weighted by atomic mass is 15.2. The first-order valence-corrected chi connectivity index (χ1v) is 9.40. The maximum absolute atomic E-state index is 6.05. The van der Waals surface area contributed by atoms with Crippen molar-refractivity contribution in [2.24, 2.45) is 0 Å². The van der Waals surface area contributed by atoms with Gasteiger partial charge in [-0.25, -0.2) is 4.98 Å². The van der Waals surface area contributed by atoms with E-state index in [0.717, 1.165) is 25.3 Å². The number of aromatic nitrogens is 2. The molecule has 5 heteroatoms. The van der Waals surface area contributed by atoms with Crippen LogP contribution in [0.2, 0.25) is 0 Å². The Balaban J connectivity index is 1.54. The number of nitrogen functional groups attached to an aromatic ring is 1. The minimum Gasteiger partial charge on any atom is -0.368 e. The number of fused-ring (bicyclic) bond motifs is 2. The molecule has 1 aliphatic heterocycles. The Morgan fingerprint density at radius 2 is 1.74 bits per heavy atom. The smallest absolute Gasteiger partial charge is 0.222 e. The van der Waals surface area contributed by atoms with Crippen LogP contribution in [0.3, 0.4) is 0 Å². The van der Waals surface area contributed by atoms with Gasteiger partial charge in [-0.2, -0.15) is 4.98 Å². The largest absolute Gasteiger partial charge is 0.368 e. The van der Waals surface area contributed by atoms with E-state index in [0.29, 0.717) is 11.4 Å². The molecule has 0 aromatic carbocycles. The molecule has 5 nitrogen and oxygen atoms in total. The monoisotopic (exact) mass is 315 g/mol. The third kappa shape index (κ3) is 2.91. The highest BCUT2D eigenvalue weighted by Gasteiger charge is 2.41. The van der Waals surface area contributed by atoms with E-state index in [1.165, 1.54) is 75.7 Å². The number of nitrogens with two attached hydrogens (primary N) is 1. The minimum atomic E-state index is 0.302. The van der Waals surface area contributed by atoms with Crippen LogP contribution in [0.5, 0.6) is 0 Å². The molecule has 1 aromatic rings. The summed E-state index contributed by atoms with van der Waals surface area (Å²) in [6.07, 6.45) is 11.6. The van der Waals surface area contributed by atoms with Crippen LogP contribution in [0.1, 0.15) is 62.6 Å². The second-order valence-electron chi connectivity index (χ2n) is 7.57. The van der Waals surface area contributed by atoms with Crippen LogP contribution in [0.4, 0.5) is 11.8 Å². The van der Waals surface area contributed by atoms with Crippen LogP contribution in [0.15, 0.2) is 0 Å². The first-order chi connectivity index (χ1) is 11.3. The lowest BCUT2D eigenvalue weighted by Gasteiger charge is -2.35. The van der Waals surface area contributed by atoms with E-state index in [4.69, 9.17) is 10.7 Å². The van der Waals surface area contributed by atoms with Gasteiger partial charge in [-0.3, -0.25) is 0 Å². The second-order valence-corrected chi connectivity index (χ2v) is 7.57. The van der Waals surface area contributed by atoms with Crippen molar-refractivity contribution in [3.63, 3.8) is 0 Å². The van der Waals surface area contributed by atoms with Gasteiger partial charge >= 0.3 is 0 Å². The fraction of sp³-hybridized carbons (Fsp3) is 0.778. The number of rotatable bonds is 4. The molecule has 0 bridgehead atoms. The van der Waals surface area contributed by atoms with Gasteiger partial charge in [0.2, 0.25) is 5.95 Å². The summed E-state index contributed by atoms with van der Waals surface area (Å²) >= 11 is 0. The molecule has 1 saturated heterocycles. The van der Waals surface area contributed by atoms with Gasteiger partial charge in [0, 0.05) is 24.1 Å². The summed E-state index contributed by atoms with van der Waals surface area (Å²) in [5.74, 6) is 1.46. The van der Waals surface area contributed by atoms with Crippen molar-refractivity contribution in [1.29, 1.82) is 0 Å². The molecule has 3 aliphatic rings. The average molecular weight is 315 g/mol. The molecule has 2 heterocycles. The predicted molar refractivity (Wildman–Crippen MR) is 93.7 cm³/mol. The highest BCUT2D eigenvalue weighted by Crippen LogP contribution is 2.49. The van der Waals surface area contributed by atoms with Crippen molar-refractivity contribution in [3.05, 3.63) is 11.3 Å². The molecule has 1 saturated carbocycles. The molecule has 126 valence electrons. The third-order valence-electron chi connectivity index (χ3n) is 6.09. The summed E-state index contributed by atoms with van der Waals surface area (Å²) in [6.45, 7) is 4.54. The Labute approximate surface area is 139 Å². The fourth-order valence-electron chi connectivity index (χ4n) is 4.92. The quantitative estimate of drug-likeness (QED) is 0.894.